The summed E-state index contributed by atoms with van der Waals surface area (Å²) in [5.74, 6) is 1.05. The standard InChI is InChI=1S/C20H22N6O2/c1-13-3-5-15(6-4-13)23-19-24-17(11-18(27)25-19)16-12-21-20(22-14(16)2)26-7-9-28-10-8-26/h3-6,11-12H,7-10H2,1-2H3,(H2,23,24,25,27). The van der Waals surface area contributed by atoms with Crippen molar-refractivity contribution in [1.82, 2.24) is 19.9 Å². The molecule has 0 atom stereocenters. The molecule has 0 saturated carbocycles. The van der Waals surface area contributed by atoms with Crippen LogP contribution in [0.15, 0.2) is 41.3 Å². The maximum atomic E-state index is 12.2. The molecule has 4 rings (SSSR count). The van der Waals surface area contributed by atoms with Gasteiger partial charge in [0.15, 0.2) is 0 Å². The Kier molecular flexibility index (Phi) is 5.03. The Bertz CT molecular complexity index is 1030. The van der Waals surface area contributed by atoms with Gasteiger partial charge in [0.25, 0.3) is 5.56 Å². The summed E-state index contributed by atoms with van der Waals surface area (Å²) in [7, 11) is 0. The van der Waals surface area contributed by atoms with Gasteiger partial charge in [0, 0.05) is 36.6 Å². The van der Waals surface area contributed by atoms with Crippen LogP contribution in [0, 0.1) is 13.8 Å². The van der Waals surface area contributed by atoms with Gasteiger partial charge in [0.2, 0.25) is 11.9 Å². The van der Waals surface area contributed by atoms with Crippen LogP contribution in [0.2, 0.25) is 0 Å². The largest absolute Gasteiger partial charge is 0.378 e. The van der Waals surface area contributed by atoms with Crippen molar-refractivity contribution in [2.45, 2.75) is 13.8 Å². The van der Waals surface area contributed by atoms with Crippen molar-refractivity contribution in [2.24, 2.45) is 0 Å². The second-order valence-electron chi connectivity index (χ2n) is 6.74. The summed E-state index contributed by atoms with van der Waals surface area (Å²) in [6.07, 6.45) is 1.73. The van der Waals surface area contributed by atoms with Gasteiger partial charge in [-0.05, 0) is 26.0 Å². The average molecular weight is 378 g/mol. The van der Waals surface area contributed by atoms with Crippen molar-refractivity contribution >= 4 is 17.6 Å². The third-order valence-corrected chi connectivity index (χ3v) is 4.59. The van der Waals surface area contributed by atoms with Gasteiger partial charge in [-0.2, -0.15) is 0 Å². The molecule has 3 aromatic rings. The SMILES string of the molecule is Cc1ccc(Nc2nc(-c3cnc(N4CCOCC4)nc3C)cc(=O)[nH]2)cc1. The van der Waals surface area contributed by atoms with Crippen LogP contribution in [0.4, 0.5) is 17.6 Å². The molecule has 8 heteroatoms. The molecule has 144 valence electrons. The fourth-order valence-electron chi connectivity index (χ4n) is 3.05. The summed E-state index contributed by atoms with van der Waals surface area (Å²) in [6, 6.07) is 9.32. The highest BCUT2D eigenvalue weighted by atomic mass is 16.5. The minimum Gasteiger partial charge on any atom is -0.378 e. The van der Waals surface area contributed by atoms with E-state index in [1.54, 1.807) is 6.20 Å². The van der Waals surface area contributed by atoms with Gasteiger partial charge in [0.1, 0.15) is 0 Å². The minimum absolute atomic E-state index is 0.240. The fourth-order valence-corrected chi connectivity index (χ4v) is 3.05. The topological polar surface area (TPSA) is 96.0 Å². The maximum Gasteiger partial charge on any atom is 0.252 e. The van der Waals surface area contributed by atoms with Gasteiger partial charge >= 0.3 is 0 Å². The van der Waals surface area contributed by atoms with Crippen molar-refractivity contribution in [1.29, 1.82) is 0 Å². The zero-order valence-electron chi connectivity index (χ0n) is 15.9. The predicted molar refractivity (Wildman–Crippen MR) is 108 cm³/mol. The molecule has 1 aliphatic rings. The normalized spacial score (nSPS) is 14.1. The van der Waals surface area contributed by atoms with Gasteiger partial charge in [-0.3, -0.25) is 9.78 Å². The Morgan fingerprint density at radius 2 is 1.86 bits per heavy atom. The first kappa shape index (κ1) is 18.1. The van der Waals surface area contributed by atoms with Gasteiger partial charge in [-0.1, -0.05) is 17.7 Å². The number of rotatable bonds is 4. The van der Waals surface area contributed by atoms with Crippen LogP contribution in [0.3, 0.4) is 0 Å². The van der Waals surface area contributed by atoms with Crippen molar-refractivity contribution in [3.63, 3.8) is 0 Å². The van der Waals surface area contributed by atoms with Gasteiger partial charge in [-0.15, -0.1) is 0 Å². The quantitative estimate of drug-likeness (QED) is 0.720. The van der Waals surface area contributed by atoms with E-state index >= 15 is 0 Å². The molecule has 2 aromatic heterocycles. The summed E-state index contributed by atoms with van der Waals surface area (Å²) in [6.45, 7) is 6.81. The highest BCUT2D eigenvalue weighted by Crippen LogP contribution is 2.22. The first-order valence-corrected chi connectivity index (χ1v) is 9.20. The smallest absolute Gasteiger partial charge is 0.252 e. The minimum atomic E-state index is -0.240. The fraction of sp³-hybridized carbons (Fsp3) is 0.300. The van der Waals surface area contributed by atoms with Crippen molar-refractivity contribution in [3.05, 3.63) is 58.1 Å². The molecule has 2 N–H and O–H groups in total. The number of hydrogen-bond donors (Lipinski definition) is 2. The molecule has 0 aliphatic carbocycles. The lowest BCUT2D eigenvalue weighted by atomic mass is 10.2. The third-order valence-electron chi connectivity index (χ3n) is 4.59. The predicted octanol–water partition coefficient (Wildman–Crippen LogP) is 2.42. The Morgan fingerprint density at radius 1 is 1.11 bits per heavy atom. The average Bonchev–Trinajstić information content (AvgIpc) is 2.70. The molecule has 1 fully saturated rings. The maximum absolute atomic E-state index is 12.2. The van der Waals surface area contributed by atoms with Crippen LogP contribution in [0.25, 0.3) is 11.3 Å². The zero-order chi connectivity index (χ0) is 19.5. The highest BCUT2D eigenvalue weighted by Gasteiger charge is 2.16. The molecule has 1 saturated heterocycles. The van der Waals surface area contributed by atoms with Crippen LogP contribution in [0.1, 0.15) is 11.3 Å². The molecule has 3 heterocycles. The number of anilines is 3. The Balaban J connectivity index is 1.62. The number of aromatic nitrogens is 4. The van der Waals surface area contributed by atoms with Crippen molar-refractivity contribution in [2.75, 3.05) is 36.5 Å². The molecular formula is C20H22N6O2. The molecule has 1 aliphatic heterocycles. The van der Waals surface area contributed by atoms with E-state index in [-0.39, 0.29) is 5.56 Å². The number of nitrogens with zero attached hydrogens (tertiary/aromatic N) is 4. The second kappa shape index (κ2) is 7.77. The summed E-state index contributed by atoms with van der Waals surface area (Å²) in [5, 5.41) is 3.14. The number of nitrogens with one attached hydrogen (secondary N) is 2. The summed E-state index contributed by atoms with van der Waals surface area (Å²) in [5.41, 5.74) is 3.81. The zero-order valence-corrected chi connectivity index (χ0v) is 15.9. The number of hydrogen-bond acceptors (Lipinski definition) is 7. The van der Waals surface area contributed by atoms with E-state index in [2.05, 4.69) is 30.2 Å². The van der Waals surface area contributed by atoms with Crippen LogP contribution < -0.4 is 15.8 Å². The van der Waals surface area contributed by atoms with Crippen molar-refractivity contribution < 1.29 is 4.74 Å². The lowest BCUT2D eigenvalue weighted by Crippen LogP contribution is -2.37. The van der Waals surface area contributed by atoms with Crippen molar-refractivity contribution in [3.8, 4) is 11.3 Å². The van der Waals surface area contributed by atoms with Crippen LogP contribution in [-0.2, 0) is 4.74 Å². The molecule has 1 aromatic carbocycles. The van der Waals surface area contributed by atoms with E-state index in [9.17, 15) is 4.79 Å². The number of aromatic amines is 1. The molecule has 0 amide bonds. The molecule has 0 spiro atoms. The Morgan fingerprint density at radius 3 is 2.57 bits per heavy atom. The van der Waals surface area contributed by atoms with Gasteiger partial charge in [0.05, 0.1) is 24.6 Å². The lowest BCUT2D eigenvalue weighted by molar-refractivity contribution is 0.122. The number of H-pyrrole nitrogens is 1. The summed E-state index contributed by atoms with van der Waals surface area (Å²) in [4.78, 5) is 30.6. The van der Waals surface area contributed by atoms with Crippen LogP contribution >= 0.6 is 0 Å². The molecular weight excluding hydrogens is 356 g/mol. The number of benzene rings is 1. The lowest BCUT2D eigenvalue weighted by Gasteiger charge is -2.27. The number of ether oxygens (including phenoxy) is 1. The van der Waals surface area contributed by atoms with Crippen LogP contribution in [-0.4, -0.2) is 46.2 Å². The molecule has 28 heavy (non-hydrogen) atoms. The van der Waals surface area contributed by atoms with E-state index < -0.39 is 0 Å². The third kappa shape index (κ3) is 4.01. The number of aryl methyl sites for hydroxylation is 2. The van der Waals surface area contributed by atoms with E-state index in [4.69, 9.17) is 4.74 Å². The number of morpholine rings is 1. The van der Waals surface area contributed by atoms with Crippen LogP contribution in [0.5, 0.6) is 0 Å². The van der Waals surface area contributed by atoms with E-state index in [1.807, 2.05) is 38.1 Å². The highest BCUT2D eigenvalue weighted by molar-refractivity contribution is 5.64. The summed E-state index contributed by atoms with van der Waals surface area (Å²) >= 11 is 0. The monoisotopic (exact) mass is 378 g/mol. The molecule has 0 unspecified atom stereocenters. The van der Waals surface area contributed by atoms with Gasteiger partial charge in [-0.25, -0.2) is 15.0 Å². The van der Waals surface area contributed by atoms with E-state index in [0.29, 0.717) is 30.8 Å². The molecule has 0 bridgehead atoms. The molecule has 0 radical (unpaired) electrons. The Labute approximate surface area is 162 Å². The first-order chi connectivity index (χ1) is 13.6. The summed E-state index contributed by atoms with van der Waals surface area (Å²) < 4.78 is 5.37. The Hall–Kier alpha value is -3.26. The second-order valence-corrected chi connectivity index (χ2v) is 6.74. The first-order valence-electron chi connectivity index (χ1n) is 9.20. The molecule has 8 nitrogen and oxygen atoms in total. The van der Waals surface area contributed by atoms with Gasteiger partial charge < -0.3 is 15.0 Å². The van der Waals surface area contributed by atoms with E-state index in [1.165, 1.54) is 6.07 Å². The van der Waals surface area contributed by atoms with E-state index in [0.717, 1.165) is 35.6 Å².